The molecule has 1 aromatic heterocycles. The van der Waals surface area contributed by atoms with E-state index in [1.807, 2.05) is 51.1 Å². The van der Waals surface area contributed by atoms with Crippen LogP contribution >= 0.6 is 0 Å². The van der Waals surface area contributed by atoms with E-state index < -0.39 is 5.60 Å². The predicted octanol–water partition coefficient (Wildman–Crippen LogP) is 7.97. The summed E-state index contributed by atoms with van der Waals surface area (Å²) in [5.41, 5.74) is 5.91. The van der Waals surface area contributed by atoms with Crippen LogP contribution in [0.25, 0.3) is 11.3 Å². The summed E-state index contributed by atoms with van der Waals surface area (Å²) in [4.78, 5) is 79.9. The maximum atomic E-state index is 14.1. The van der Waals surface area contributed by atoms with Gasteiger partial charge in [0, 0.05) is 81.0 Å². The summed E-state index contributed by atoms with van der Waals surface area (Å²) >= 11 is 0. The Morgan fingerprint density at radius 1 is 0.689 bits per heavy atom. The molecule has 3 aliphatic rings. The van der Waals surface area contributed by atoms with Crippen LogP contribution in [0.2, 0.25) is 0 Å². The van der Waals surface area contributed by atoms with E-state index in [1.165, 1.54) is 12.0 Å². The van der Waals surface area contributed by atoms with Crippen molar-refractivity contribution in [2.75, 3.05) is 103 Å². The van der Waals surface area contributed by atoms with Crippen LogP contribution in [0.15, 0.2) is 85.1 Å². The van der Waals surface area contributed by atoms with Gasteiger partial charge in [0.1, 0.15) is 5.60 Å². The minimum absolute atomic E-state index is 0.0280. The number of carbonyl (C=O) groups is 5. The molecule has 1 aliphatic carbocycles. The first-order chi connectivity index (χ1) is 35.7. The third kappa shape index (κ3) is 16.1. The molecule has 0 radical (unpaired) electrons. The van der Waals surface area contributed by atoms with E-state index in [4.69, 9.17) is 23.9 Å². The van der Waals surface area contributed by atoms with Gasteiger partial charge in [-0.05, 0) is 138 Å². The molecular weight excluding hydrogens is 939 g/mol. The maximum absolute atomic E-state index is 14.1. The molecule has 4 aromatic rings. The monoisotopic (exact) mass is 1020 g/mol. The summed E-state index contributed by atoms with van der Waals surface area (Å²) in [6.45, 7) is 11.6. The standard InChI is InChI=1S/C58H77N7O9/c1-58(2,3)74-53(66)25-33-71-35-37-73-38-36-72-34-32-63(5)57(70)52-21-9-12-29-65(52)31-30-62(4)56(69)45-18-13-17-43(39-45)54(67)61-50-23-22-46(64-27-10-6-11-28-64)41-48(50)51-40-44(24-26-59-51)55(68)60-49-20-14-16-42-15-7-8-19-47(42)49/h7-8,13,15,17-19,22-24,26,39-41,49,52H,6,9-12,14,16,20-21,25,27-38H2,1-5H3,(H,60,68)(H,61,67). The normalized spacial score (nSPS) is 17.0. The van der Waals surface area contributed by atoms with Crippen molar-refractivity contribution in [1.82, 2.24) is 25.0 Å². The number of esters is 1. The summed E-state index contributed by atoms with van der Waals surface area (Å²) in [5, 5.41) is 6.38. The molecule has 3 heterocycles. The Labute approximate surface area is 437 Å². The van der Waals surface area contributed by atoms with Crippen molar-refractivity contribution in [3.63, 3.8) is 0 Å². The number of piperidine rings is 2. The number of rotatable bonds is 23. The molecule has 2 unspecified atom stereocenters. The van der Waals surface area contributed by atoms with Gasteiger partial charge in [0.15, 0.2) is 0 Å². The van der Waals surface area contributed by atoms with Gasteiger partial charge >= 0.3 is 5.97 Å². The summed E-state index contributed by atoms with van der Waals surface area (Å²) < 4.78 is 22.0. The van der Waals surface area contributed by atoms with Gasteiger partial charge < -0.3 is 44.3 Å². The molecule has 16 heteroatoms. The summed E-state index contributed by atoms with van der Waals surface area (Å²) in [6, 6.07) is 24.1. The van der Waals surface area contributed by atoms with Crippen LogP contribution in [-0.2, 0) is 35.0 Å². The smallest absolute Gasteiger partial charge is 0.308 e. The number of nitrogens with one attached hydrogen (secondary N) is 2. The molecule has 2 atom stereocenters. The van der Waals surface area contributed by atoms with Crippen LogP contribution in [0, 0.1) is 0 Å². The van der Waals surface area contributed by atoms with Crippen molar-refractivity contribution in [2.45, 2.75) is 103 Å². The van der Waals surface area contributed by atoms with Crippen LogP contribution in [0.4, 0.5) is 11.4 Å². The Bertz CT molecular complexity index is 2520. The number of hydrogen-bond acceptors (Lipinski definition) is 12. The highest BCUT2D eigenvalue weighted by Crippen LogP contribution is 2.34. The average molecular weight is 1020 g/mol. The second kappa shape index (κ2) is 27.4. The van der Waals surface area contributed by atoms with Crippen LogP contribution in [0.3, 0.4) is 0 Å². The first-order valence-corrected chi connectivity index (χ1v) is 26.6. The fourth-order valence-corrected chi connectivity index (χ4v) is 9.85. The summed E-state index contributed by atoms with van der Waals surface area (Å²) in [6.07, 6.45) is 10.8. The number of pyridine rings is 1. The number of likely N-dealkylation sites (tertiary alicyclic amines) is 1. The largest absolute Gasteiger partial charge is 0.460 e. The highest BCUT2D eigenvalue weighted by molar-refractivity contribution is 6.08. The number of likely N-dealkylation sites (N-methyl/N-ethyl adjacent to an activating group) is 2. The zero-order chi connectivity index (χ0) is 52.5. The van der Waals surface area contributed by atoms with Gasteiger partial charge in [0.2, 0.25) is 5.91 Å². The number of carbonyl (C=O) groups excluding carboxylic acids is 5. The third-order valence-electron chi connectivity index (χ3n) is 13.8. The number of anilines is 2. The van der Waals surface area contributed by atoms with Crippen LogP contribution < -0.4 is 15.5 Å². The van der Waals surface area contributed by atoms with Gasteiger partial charge in [-0.3, -0.25) is 33.9 Å². The van der Waals surface area contributed by atoms with Gasteiger partial charge in [0.05, 0.1) is 69.5 Å². The Hall–Kier alpha value is -6.20. The second-order valence-electron chi connectivity index (χ2n) is 20.6. The van der Waals surface area contributed by atoms with Gasteiger partial charge in [-0.1, -0.05) is 36.8 Å². The number of benzene rings is 3. The molecule has 3 aromatic carbocycles. The Morgan fingerprint density at radius 3 is 2.19 bits per heavy atom. The number of aromatic nitrogens is 1. The van der Waals surface area contributed by atoms with E-state index in [0.717, 1.165) is 82.3 Å². The van der Waals surface area contributed by atoms with Crippen molar-refractivity contribution in [2.24, 2.45) is 0 Å². The van der Waals surface area contributed by atoms with E-state index in [9.17, 15) is 24.0 Å². The van der Waals surface area contributed by atoms with Crippen molar-refractivity contribution < 1.29 is 42.9 Å². The van der Waals surface area contributed by atoms with E-state index in [0.29, 0.717) is 86.3 Å². The molecule has 7 rings (SSSR count). The molecule has 2 aliphatic heterocycles. The Morgan fingerprint density at radius 2 is 1.41 bits per heavy atom. The van der Waals surface area contributed by atoms with Crippen LogP contribution in [0.5, 0.6) is 0 Å². The van der Waals surface area contributed by atoms with Gasteiger partial charge in [-0.25, -0.2) is 0 Å². The molecule has 0 saturated carbocycles. The SMILES string of the molecule is CN(CCN1CCCCC1C(=O)N(C)CCOCCOCCOCCC(=O)OC(C)(C)C)C(=O)c1cccc(C(=O)Nc2ccc(N3CCCCC3)cc2-c2cc(C(=O)NC3CCCc4ccccc43)ccn2)c1. The van der Waals surface area contributed by atoms with Crippen molar-refractivity contribution >= 4 is 41.0 Å². The molecule has 74 heavy (non-hydrogen) atoms. The molecule has 4 amide bonds. The van der Waals surface area contributed by atoms with E-state index in [2.05, 4.69) is 32.6 Å². The summed E-state index contributed by atoms with van der Waals surface area (Å²) in [7, 11) is 3.54. The molecule has 2 N–H and O–H groups in total. The number of hydrogen-bond donors (Lipinski definition) is 2. The fraction of sp³-hybridized carbons (Fsp3) is 0.517. The van der Waals surface area contributed by atoms with E-state index in [-0.39, 0.29) is 54.7 Å². The van der Waals surface area contributed by atoms with Crippen molar-refractivity contribution in [3.05, 3.63) is 113 Å². The first kappa shape index (κ1) is 55.5. The molecule has 2 fully saturated rings. The molecule has 0 bridgehead atoms. The molecule has 16 nitrogen and oxygen atoms in total. The minimum atomic E-state index is -0.515. The van der Waals surface area contributed by atoms with Gasteiger partial charge in [0.25, 0.3) is 17.7 Å². The maximum Gasteiger partial charge on any atom is 0.308 e. The zero-order valence-corrected chi connectivity index (χ0v) is 44.2. The molecule has 398 valence electrons. The number of aryl methyl sites for hydroxylation is 1. The third-order valence-corrected chi connectivity index (χ3v) is 13.8. The molecule has 2 saturated heterocycles. The quantitative estimate of drug-likeness (QED) is 0.0544. The number of nitrogens with zero attached hydrogens (tertiary/aromatic N) is 5. The lowest BCUT2D eigenvalue weighted by molar-refractivity contribution is -0.156. The van der Waals surface area contributed by atoms with Crippen LogP contribution in [-0.4, -0.2) is 154 Å². The topological polar surface area (TPSA) is 172 Å². The lowest BCUT2D eigenvalue weighted by Gasteiger charge is -2.37. The second-order valence-corrected chi connectivity index (χ2v) is 20.6. The molecule has 0 spiro atoms. The van der Waals surface area contributed by atoms with Crippen LogP contribution in [0.1, 0.15) is 127 Å². The Balaban J connectivity index is 0.905. The highest BCUT2D eigenvalue weighted by atomic mass is 16.6. The lowest BCUT2D eigenvalue weighted by atomic mass is 9.87. The van der Waals surface area contributed by atoms with Gasteiger partial charge in [-0.2, -0.15) is 0 Å². The van der Waals surface area contributed by atoms with Crippen molar-refractivity contribution in [3.8, 4) is 11.3 Å². The first-order valence-electron chi connectivity index (χ1n) is 26.6. The highest BCUT2D eigenvalue weighted by Gasteiger charge is 2.31. The number of fused-ring (bicyclic) bond motifs is 1. The van der Waals surface area contributed by atoms with E-state index in [1.54, 1.807) is 66.5 Å². The predicted molar refractivity (Wildman–Crippen MR) is 286 cm³/mol. The number of ether oxygens (including phenoxy) is 4. The fourth-order valence-electron chi connectivity index (χ4n) is 9.85. The van der Waals surface area contributed by atoms with Gasteiger partial charge in [-0.15, -0.1) is 0 Å². The van der Waals surface area contributed by atoms with E-state index >= 15 is 0 Å². The average Bonchev–Trinajstić information content (AvgIpc) is 3.41. The number of amides is 4. The zero-order valence-electron chi connectivity index (χ0n) is 44.2. The van der Waals surface area contributed by atoms with Crippen molar-refractivity contribution in [1.29, 1.82) is 0 Å². The lowest BCUT2D eigenvalue weighted by Crippen LogP contribution is -2.52. The Kier molecular flexibility index (Phi) is 20.5. The summed E-state index contributed by atoms with van der Waals surface area (Å²) in [5.74, 6) is -1.06. The molecular formula is C58H77N7O9. The minimum Gasteiger partial charge on any atom is -0.460 e.